The van der Waals surface area contributed by atoms with Crippen LogP contribution in [0.5, 0.6) is 17.2 Å². The van der Waals surface area contributed by atoms with Crippen LogP contribution in [0, 0.1) is 0 Å². The summed E-state index contributed by atoms with van der Waals surface area (Å²) in [5.41, 5.74) is 1.53. The van der Waals surface area contributed by atoms with Crippen LogP contribution in [0.1, 0.15) is 23.5 Å². The molecule has 0 radical (unpaired) electrons. The SMILES string of the molecule is COc1cc(C2CC(=O)Nc3nc(-c4ccccc4)[nH]c(=O)c32)cc(OC)c1OC. The Labute approximate surface area is 172 Å². The average molecular weight is 407 g/mol. The molecule has 1 amide bonds. The van der Waals surface area contributed by atoms with Crippen molar-refractivity contribution in [3.05, 3.63) is 63.9 Å². The highest BCUT2D eigenvalue weighted by molar-refractivity contribution is 5.94. The summed E-state index contributed by atoms with van der Waals surface area (Å²) in [5.74, 6) is 1.25. The molecular formula is C22H21N3O5. The van der Waals surface area contributed by atoms with Gasteiger partial charge in [-0.2, -0.15) is 0 Å². The largest absolute Gasteiger partial charge is 0.493 e. The van der Waals surface area contributed by atoms with Gasteiger partial charge < -0.3 is 24.5 Å². The zero-order valence-electron chi connectivity index (χ0n) is 16.8. The quantitative estimate of drug-likeness (QED) is 0.674. The van der Waals surface area contributed by atoms with E-state index < -0.39 is 5.92 Å². The van der Waals surface area contributed by atoms with Gasteiger partial charge in [0, 0.05) is 17.9 Å². The number of benzene rings is 2. The maximum absolute atomic E-state index is 13.0. The summed E-state index contributed by atoms with van der Waals surface area (Å²) in [6.07, 6.45) is 0.0983. The van der Waals surface area contributed by atoms with E-state index in [0.717, 1.165) is 5.56 Å². The number of H-pyrrole nitrogens is 1. The summed E-state index contributed by atoms with van der Waals surface area (Å²) < 4.78 is 16.2. The van der Waals surface area contributed by atoms with Gasteiger partial charge in [0.2, 0.25) is 11.7 Å². The van der Waals surface area contributed by atoms with Crippen molar-refractivity contribution < 1.29 is 19.0 Å². The molecule has 2 N–H and O–H groups in total. The van der Waals surface area contributed by atoms with Gasteiger partial charge in [-0.05, 0) is 17.7 Å². The van der Waals surface area contributed by atoms with Crippen molar-refractivity contribution in [2.75, 3.05) is 26.6 Å². The summed E-state index contributed by atoms with van der Waals surface area (Å²) in [6.45, 7) is 0. The molecule has 1 atom stereocenters. The van der Waals surface area contributed by atoms with Gasteiger partial charge in [-0.1, -0.05) is 30.3 Å². The highest BCUT2D eigenvalue weighted by Gasteiger charge is 2.32. The lowest BCUT2D eigenvalue weighted by Gasteiger charge is -2.25. The first-order chi connectivity index (χ1) is 14.5. The molecule has 4 rings (SSSR count). The minimum Gasteiger partial charge on any atom is -0.493 e. The van der Waals surface area contributed by atoms with E-state index in [1.54, 1.807) is 12.1 Å². The molecule has 8 nitrogen and oxygen atoms in total. The van der Waals surface area contributed by atoms with E-state index in [-0.39, 0.29) is 23.7 Å². The topological polar surface area (TPSA) is 103 Å². The molecule has 2 aromatic carbocycles. The van der Waals surface area contributed by atoms with Gasteiger partial charge in [-0.25, -0.2) is 4.98 Å². The summed E-state index contributed by atoms with van der Waals surface area (Å²) in [7, 11) is 4.55. The minimum absolute atomic E-state index is 0.0983. The van der Waals surface area contributed by atoms with Crippen LogP contribution >= 0.6 is 0 Å². The van der Waals surface area contributed by atoms with Crippen molar-refractivity contribution in [2.24, 2.45) is 0 Å². The Morgan fingerprint density at radius 3 is 2.23 bits per heavy atom. The van der Waals surface area contributed by atoms with Crippen LogP contribution in [0.2, 0.25) is 0 Å². The molecule has 0 fully saturated rings. The molecule has 1 aliphatic rings. The Hall–Kier alpha value is -3.81. The molecule has 154 valence electrons. The Balaban J connectivity index is 1.87. The first kappa shape index (κ1) is 19.5. The molecule has 8 heteroatoms. The number of ether oxygens (including phenoxy) is 3. The fourth-order valence-corrected chi connectivity index (χ4v) is 3.69. The Morgan fingerprint density at radius 1 is 0.967 bits per heavy atom. The van der Waals surface area contributed by atoms with Gasteiger partial charge in [-0.3, -0.25) is 9.59 Å². The van der Waals surface area contributed by atoms with Crippen LogP contribution in [-0.4, -0.2) is 37.2 Å². The zero-order valence-corrected chi connectivity index (χ0v) is 16.8. The van der Waals surface area contributed by atoms with Gasteiger partial charge in [0.05, 0.1) is 26.9 Å². The number of aromatic nitrogens is 2. The van der Waals surface area contributed by atoms with E-state index in [9.17, 15) is 9.59 Å². The highest BCUT2D eigenvalue weighted by Crippen LogP contribution is 2.43. The molecule has 0 bridgehead atoms. The van der Waals surface area contributed by atoms with Crippen LogP contribution in [0.25, 0.3) is 11.4 Å². The van der Waals surface area contributed by atoms with Crippen LogP contribution in [0.4, 0.5) is 5.82 Å². The predicted molar refractivity (Wildman–Crippen MR) is 111 cm³/mol. The Bertz CT molecular complexity index is 1130. The van der Waals surface area contributed by atoms with Crippen molar-refractivity contribution in [1.29, 1.82) is 0 Å². The number of methoxy groups -OCH3 is 3. The number of anilines is 1. The van der Waals surface area contributed by atoms with Crippen LogP contribution in [-0.2, 0) is 4.79 Å². The fourth-order valence-electron chi connectivity index (χ4n) is 3.69. The number of aromatic amines is 1. The smallest absolute Gasteiger partial charge is 0.257 e. The van der Waals surface area contributed by atoms with E-state index in [1.807, 2.05) is 30.3 Å². The lowest BCUT2D eigenvalue weighted by atomic mass is 9.86. The number of hydrogen-bond acceptors (Lipinski definition) is 6. The van der Waals surface area contributed by atoms with E-state index in [4.69, 9.17) is 14.2 Å². The number of nitrogens with one attached hydrogen (secondary N) is 2. The number of hydrogen-bond donors (Lipinski definition) is 2. The second kappa shape index (κ2) is 7.90. The second-order valence-electron chi connectivity index (χ2n) is 6.81. The van der Waals surface area contributed by atoms with E-state index in [0.29, 0.717) is 34.2 Å². The summed E-state index contributed by atoms with van der Waals surface area (Å²) >= 11 is 0. The molecule has 3 aromatic rings. The third kappa shape index (κ3) is 3.36. The fraction of sp³-hybridized carbons (Fsp3) is 0.227. The second-order valence-corrected chi connectivity index (χ2v) is 6.81. The number of carbonyl (C=O) groups is 1. The first-order valence-corrected chi connectivity index (χ1v) is 9.35. The Morgan fingerprint density at radius 2 is 1.63 bits per heavy atom. The van der Waals surface area contributed by atoms with E-state index in [1.165, 1.54) is 21.3 Å². The third-order valence-electron chi connectivity index (χ3n) is 5.09. The molecule has 1 unspecified atom stereocenters. The van der Waals surface area contributed by atoms with Crippen molar-refractivity contribution in [2.45, 2.75) is 12.3 Å². The van der Waals surface area contributed by atoms with Gasteiger partial charge in [0.25, 0.3) is 5.56 Å². The molecule has 1 aromatic heterocycles. The van der Waals surface area contributed by atoms with Gasteiger partial charge >= 0.3 is 0 Å². The molecule has 0 spiro atoms. The molecule has 1 aliphatic heterocycles. The number of rotatable bonds is 5. The molecular weight excluding hydrogens is 386 g/mol. The van der Waals surface area contributed by atoms with Crippen molar-refractivity contribution in [1.82, 2.24) is 9.97 Å². The summed E-state index contributed by atoms with van der Waals surface area (Å²) in [4.78, 5) is 32.9. The number of amides is 1. The number of fused-ring (bicyclic) bond motifs is 1. The van der Waals surface area contributed by atoms with Gasteiger partial charge in [0.1, 0.15) is 11.6 Å². The highest BCUT2D eigenvalue weighted by atomic mass is 16.5. The van der Waals surface area contributed by atoms with Crippen LogP contribution in [0.15, 0.2) is 47.3 Å². The van der Waals surface area contributed by atoms with Gasteiger partial charge in [0.15, 0.2) is 11.5 Å². The maximum atomic E-state index is 13.0. The monoisotopic (exact) mass is 407 g/mol. The normalized spacial score (nSPS) is 15.2. The molecule has 2 heterocycles. The standard InChI is InChI=1S/C22H21N3O5/c1-28-15-9-13(10-16(29-2)19(15)30-3)14-11-17(26)23-21-18(14)22(27)25-20(24-21)12-7-5-4-6-8-12/h4-10,14H,11H2,1-3H3,(H2,23,24,25,26,27). The van der Waals surface area contributed by atoms with Gasteiger partial charge in [-0.15, -0.1) is 0 Å². The van der Waals surface area contributed by atoms with Crippen LogP contribution < -0.4 is 25.1 Å². The van der Waals surface area contributed by atoms with Crippen molar-refractivity contribution in [3.8, 4) is 28.6 Å². The molecule has 0 saturated carbocycles. The maximum Gasteiger partial charge on any atom is 0.257 e. The summed E-state index contributed by atoms with van der Waals surface area (Å²) in [6, 6.07) is 12.8. The third-order valence-corrected chi connectivity index (χ3v) is 5.09. The minimum atomic E-state index is -0.511. The predicted octanol–water partition coefficient (Wildman–Crippen LogP) is 2.94. The molecule has 0 aliphatic carbocycles. The molecule has 0 saturated heterocycles. The van der Waals surface area contributed by atoms with E-state index in [2.05, 4.69) is 15.3 Å². The van der Waals surface area contributed by atoms with Crippen molar-refractivity contribution in [3.63, 3.8) is 0 Å². The zero-order chi connectivity index (χ0) is 21.3. The number of carbonyl (C=O) groups excluding carboxylic acids is 1. The number of nitrogens with zero attached hydrogens (tertiary/aromatic N) is 1. The molecule has 30 heavy (non-hydrogen) atoms. The lowest BCUT2D eigenvalue weighted by Crippen LogP contribution is -2.31. The lowest BCUT2D eigenvalue weighted by molar-refractivity contribution is -0.116. The van der Waals surface area contributed by atoms with Crippen LogP contribution in [0.3, 0.4) is 0 Å². The Kier molecular flexibility index (Phi) is 5.14. The van der Waals surface area contributed by atoms with E-state index >= 15 is 0 Å². The summed E-state index contributed by atoms with van der Waals surface area (Å²) in [5, 5.41) is 2.73. The van der Waals surface area contributed by atoms with Crippen molar-refractivity contribution >= 4 is 11.7 Å². The first-order valence-electron chi connectivity index (χ1n) is 9.35. The average Bonchev–Trinajstić information content (AvgIpc) is 2.77.